The molecule has 3 heterocycles. The number of hydrogen-bond acceptors (Lipinski definition) is 4. The lowest BCUT2D eigenvalue weighted by molar-refractivity contribution is 0.0996. The largest absolute Gasteiger partial charge is 0.459 e. The van der Waals surface area contributed by atoms with Crippen LogP contribution in [0.15, 0.2) is 47.1 Å². The Labute approximate surface area is 150 Å². The van der Waals surface area contributed by atoms with Gasteiger partial charge in [-0.15, -0.1) is 0 Å². The quantitative estimate of drug-likeness (QED) is 0.575. The third-order valence-electron chi connectivity index (χ3n) is 4.37. The number of nitrogens with zero attached hydrogens (tertiary/aromatic N) is 3. The van der Waals surface area contributed by atoms with Gasteiger partial charge in [0.05, 0.1) is 17.2 Å². The zero-order valence-corrected chi connectivity index (χ0v) is 14.8. The smallest absolute Gasteiger partial charge is 0.292 e. The van der Waals surface area contributed by atoms with Crippen LogP contribution in [0.5, 0.6) is 0 Å². The fourth-order valence-corrected chi connectivity index (χ4v) is 2.99. The molecule has 3 aromatic heterocycles. The van der Waals surface area contributed by atoms with E-state index in [0.717, 1.165) is 46.9 Å². The second-order valence-electron chi connectivity index (χ2n) is 6.41. The van der Waals surface area contributed by atoms with E-state index in [1.165, 1.54) is 6.26 Å². The van der Waals surface area contributed by atoms with Crippen LogP contribution in [-0.2, 0) is 6.54 Å². The number of unbranched alkanes of at least 4 members (excludes halogenated alkanes) is 1. The monoisotopic (exact) mass is 348 g/mol. The maximum absolute atomic E-state index is 12.4. The van der Waals surface area contributed by atoms with Crippen LogP contribution in [0, 0.1) is 6.92 Å². The van der Waals surface area contributed by atoms with Crippen LogP contribution in [0.2, 0.25) is 0 Å². The summed E-state index contributed by atoms with van der Waals surface area (Å²) in [6.45, 7) is 4.94. The summed E-state index contributed by atoms with van der Waals surface area (Å²) in [5.41, 5.74) is 2.88. The van der Waals surface area contributed by atoms with Crippen molar-refractivity contribution in [2.45, 2.75) is 33.2 Å². The number of nitrogens with one attached hydrogen (secondary N) is 1. The molecule has 0 unspecified atom stereocenters. The highest BCUT2D eigenvalue weighted by Crippen LogP contribution is 2.27. The number of aromatic nitrogens is 3. The van der Waals surface area contributed by atoms with Crippen molar-refractivity contribution in [3.05, 3.63) is 54.0 Å². The van der Waals surface area contributed by atoms with Gasteiger partial charge in [0.1, 0.15) is 0 Å². The Hall–Kier alpha value is -3.15. The molecule has 1 N–H and O–H groups in total. The highest BCUT2D eigenvalue weighted by molar-refractivity contribution is 6.07. The summed E-state index contributed by atoms with van der Waals surface area (Å²) in [4.78, 5) is 17.2. The molecule has 0 aliphatic heterocycles. The van der Waals surface area contributed by atoms with Crippen LogP contribution in [0.4, 0.5) is 5.82 Å². The molecular weight excluding hydrogens is 328 g/mol. The van der Waals surface area contributed by atoms with Gasteiger partial charge < -0.3 is 9.73 Å². The summed E-state index contributed by atoms with van der Waals surface area (Å²) in [7, 11) is 0. The lowest BCUT2D eigenvalue weighted by Crippen LogP contribution is -2.12. The Morgan fingerprint density at radius 2 is 2.15 bits per heavy atom. The minimum atomic E-state index is -0.318. The molecule has 0 radical (unpaired) electrons. The minimum Gasteiger partial charge on any atom is -0.459 e. The number of carbonyl (C=O) groups is 1. The van der Waals surface area contributed by atoms with Gasteiger partial charge in [-0.25, -0.2) is 9.67 Å². The molecule has 1 amide bonds. The molecule has 1 aromatic carbocycles. The van der Waals surface area contributed by atoms with Crippen LogP contribution in [0.25, 0.3) is 21.9 Å². The molecule has 6 nitrogen and oxygen atoms in total. The van der Waals surface area contributed by atoms with Crippen LogP contribution < -0.4 is 5.32 Å². The van der Waals surface area contributed by atoms with Crippen molar-refractivity contribution < 1.29 is 9.21 Å². The SMILES string of the molecule is CCCCn1nc(NC(=O)c2ccco2)c2cc3ccc(C)cc3nc21. The van der Waals surface area contributed by atoms with Crippen molar-refractivity contribution >= 4 is 33.7 Å². The topological polar surface area (TPSA) is 73.0 Å². The molecule has 0 saturated carbocycles. The molecule has 6 heteroatoms. The molecule has 0 aliphatic carbocycles. The Kier molecular flexibility index (Phi) is 4.16. The number of fused-ring (bicyclic) bond motifs is 2. The van der Waals surface area contributed by atoms with Crippen LogP contribution in [0.3, 0.4) is 0 Å². The molecule has 0 atom stereocenters. The zero-order chi connectivity index (χ0) is 18.1. The lowest BCUT2D eigenvalue weighted by atomic mass is 10.1. The maximum atomic E-state index is 12.4. The molecule has 0 aliphatic rings. The van der Waals surface area contributed by atoms with Crippen molar-refractivity contribution in [1.29, 1.82) is 0 Å². The van der Waals surface area contributed by atoms with Crippen molar-refractivity contribution in [3.8, 4) is 0 Å². The van der Waals surface area contributed by atoms with Crippen LogP contribution in [0.1, 0.15) is 35.9 Å². The van der Waals surface area contributed by atoms with Crippen molar-refractivity contribution in [2.75, 3.05) is 5.32 Å². The highest BCUT2D eigenvalue weighted by atomic mass is 16.3. The molecule has 132 valence electrons. The van der Waals surface area contributed by atoms with Gasteiger partial charge in [0, 0.05) is 11.9 Å². The lowest BCUT2D eigenvalue weighted by Gasteiger charge is -2.03. The Morgan fingerprint density at radius 1 is 1.27 bits per heavy atom. The van der Waals surface area contributed by atoms with Gasteiger partial charge in [0.15, 0.2) is 17.2 Å². The van der Waals surface area contributed by atoms with E-state index in [1.54, 1.807) is 12.1 Å². The van der Waals surface area contributed by atoms with Gasteiger partial charge in [-0.2, -0.15) is 5.10 Å². The molecule has 0 fully saturated rings. The standard InChI is InChI=1S/C20H20N4O2/c1-3-4-9-24-19-15(12-14-8-7-13(2)11-16(14)21-19)18(23-24)22-20(25)17-6-5-10-26-17/h5-8,10-12H,3-4,9H2,1-2H3,(H,22,23,25). The molecule has 0 saturated heterocycles. The van der Waals surface area contributed by atoms with E-state index in [4.69, 9.17) is 9.40 Å². The molecule has 4 rings (SSSR count). The van der Waals surface area contributed by atoms with E-state index >= 15 is 0 Å². The van der Waals surface area contributed by atoms with E-state index in [9.17, 15) is 4.79 Å². The molecule has 0 spiro atoms. The maximum Gasteiger partial charge on any atom is 0.292 e. The number of anilines is 1. The predicted molar refractivity (Wildman–Crippen MR) is 101 cm³/mol. The van der Waals surface area contributed by atoms with Crippen LogP contribution in [-0.4, -0.2) is 20.7 Å². The van der Waals surface area contributed by atoms with Gasteiger partial charge >= 0.3 is 0 Å². The first-order chi connectivity index (χ1) is 12.7. The van der Waals surface area contributed by atoms with E-state index in [1.807, 2.05) is 16.8 Å². The number of pyridine rings is 1. The zero-order valence-electron chi connectivity index (χ0n) is 14.8. The van der Waals surface area contributed by atoms with Crippen molar-refractivity contribution in [2.24, 2.45) is 0 Å². The Morgan fingerprint density at radius 3 is 2.92 bits per heavy atom. The first kappa shape index (κ1) is 16.3. The number of carbonyl (C=O) groups excluding carboxylic acids is 1. The van der Waals surface area contributed by atoms with Gasteiger partial charge in [0.2, 0.25) is 0 Å². The van der Waals surface area contributed by atoms with Crippen molar-refractivity contribution in [1.82, 2.24) is 14.8 Å². The van der Waals surface area contributed by atoms with E-state index in [2.05, 4.69) is 36.4 Å². The summed E-state index contributed by atoms with van der Waals surface area (Å²) in [6, 6.07) is 11.5. The van der Waals surface area contributed by atoms with Gasteiger partial charge in [0.25, 0.3) is 5.91 Å². The number of aryl methyl sites for hydroxylation is 2. The Balaban J connectivity index is 1.83. The minimum absolute atomic E-state index is 0.255. The van der Waals surface area contributed by atoms with E-state index in [0.29, 0.717) is 5.82 Å². The molecular formula is C20H20N4O2. The third kappa shape index (κ3) is 2.94. The average Bonchev–Trinajstić information content (AvgIpc) is 3.27. The number of benzene rings is 1. The molecule has 4 aromatic rings. The summed E-state index contributed by atoms with van der Waals surface area (Å²) < 4.78 is 7.05. The van der Waals surface area contributed by atoms with E-state index < -0.39 is 0 Å². The van der Waals surface area contributed by atoms with E-state index in [-0.39, 0.29) is 11.7 Å². The second-order valence-corrected chi connectivity index (χ2v) is 6.41. The number of hydrogen-bond donors (Lipinski definition) is 1. The fraction of sp³-hybridized carbons (Fsp3) is 0.250. The number of amides is 1. The number of rotatable bonds is 5. The molecule has 0 bridgehead atoms. The van der Waals surface area contributed by atoms with Crippen LogP contribution >= 0.6 is 0 Å². The second kappa shape index (κ2) is 6.63. The van der Waals surface area contributed by atoms with Crippen molar-refractivity contribution in [3.63, 3.8) is 0 Å². The first-order valence-electron chi connectivity index (χ1n) is 8.78. The number of furan rings is 1. The highest BCUT2D eigenvalue weighted by Gasteiger charge is 2.17. The van der Waals surface area contributed by atoms with Gasteiger partial charge in [-0.1, -0.05) is 25.5 Å². The summed E-state index contributed by atoms with van der Waals surface area (Å²) >= 11 is 0. The summed E-state index contributed by atoms with van der Waals surface area (Å²) in [6.07, 6.45) is 3.53. The first-order valence-corrected chi connectivity index (χ1v) is 8.78. The molecule has 26 heavy (non-hydrogen) atoms. The van der Waals surface area contributed by atoms with Gasteiger partial charge in [-0.3, -0.25) is 4.79 Å². The fourth-order valence-electron chi connectivity index (χ4n) is 2.99. The van der Waals surface area contributed by atoms with Gasteiger partial charge in [-0.05, 0) is 43.2 Å². The third-order valence-corrected chi connectivity index (χ3v) is 4.37. The average molecular weight is 348 g/mol. The Bertz CT molecular complexity index is 1080. The summed E-state index contributed by atoms with van der Waals surface area (Å²) in [5.74, 6) is 0.444. The normalized spacial score (nSPS) is 11.3. The summed E-state index contributed by atoms with van der Waals surface area (Å²) in [5, 5.41) is 9.31. The predicted octanol–water partition coefficient (Wildman–Crippen LogP) is 4.54.